The van der Waals surface area contributed by atoms with Gasteiger partial charge >= 0.3 is 0 Å². The zero-order valence-electron chi connectivity index (χ0n) is 20.2. The first-order valence-electron chi connectivity index (χ1n) is 12.3. The van der Waals surface area contributed by atoms with E-state index in [0.717, 1.165) is 53.9 Å². The molecule has 0 amide bonds. The van der Waals surface area contributed by atoms with Crippen LogP contribution in [0.2, 0.25) is 0 Å². The molecule has 2 aliphatic rings. The summed E-state index contributed by atoms with van der Waals surface area (Å²) in [5, 5.41) is 0. The monoisotopic (exact) mass is 643 g/mol. The molecule has 179 valence electrons. The second-order valence-electron chi connectivity index (χ2n) is 9.17. The minimum Gasteiger partial charge on any atom is -0.305 e. The molecule has 2 aromatic heterocycles. The first-order valence-corrected chi connectivity index (χ1v) is 12.3. The van der Waals surface area contributed by atoms with E-state index in [2.05, 4.69) is 66.5 Å². The van der Waals surface area contributed by atoms with Gasteiger partial charge in [-0.1, -0.05) is 53.6 Å². The summed E-state index contributed by atoms with van der Waals surface area (Å²) in [6.07, 6.45) is 6.30. The first kappa shape index (κ1) is 24.3. The molecule has 0 bridgehead atoms. The predicted octanol–water partition coefficient (Wildman–Crippen LogP) is 7.27. The van der Waals surface area contributed by atoms with Crippen molar-refractivity contribution in [2.24, 2.45) is 0 Å². The molecule has 2 heterocycles. The minimum atomic E-state index is 0. The van der Waals surface area contributed by atoms with Gasteiger partial charge in [-0.3, -0.25) is 0 Å². The Morgan fingerprint density at radius 2 is 1.42 bits per heavy atom. The Balaban J connectivity index is 0.000000175. The van der Waals surface area contributed by atoms with Gasteiger partial charge in [0.15, 0.2) is 0 Å². The Bertz CT molecular complexity index is 1410. The maximum absolute atomic E-state index is 4.70. The van der Waals surface area contributed by atoms with E-state index >= 15 is 0 Å². The molecule has 2 aliphatic carbocycles. The Morgan fingerprint density at radius 3 is 2.17 bits per heavy atom. The van der Waals surface area contributed by atoms with Gasteiger partial charge in [-0.2, -0.15) is 0 Å². The summed E-state index contributed by atoms with van der Waals surface area (Å²) >= 11 is 0. The number of aromatic nitrogens is 2. The number of pyridine rings is 2. The molecule has 7 rings (SSSR count). The molecule has 0 saturated carbocycles. The van der Waals surface area contributed by atoms with E-state index in [4.69, 9.17) is 4.98 Å². The largest absolute Gasteiger partial charge is 0.305 e. The van der Waals surface area contributed by atoms with E-state index < -0.39 is 0 Å². The number of hydrogen-bond donors (Lipinski definition) is 0. The van der Waals surface area contributed by atoms with Crippen molar-refractivity contribution in [2.45, 2.75) is 32.6 Å². The van der Waals surface area contributed by atoms with Crippen LogP contribution in [0.1, 0.15) is 27.9 Å². The molecule has 3 aromatic carbocycles. The molecule has 0 unspecified atom stereocenters. The molecule has 5 aromatic rings. The topological polar surface area (TPSA) is 25.8 Å². The molecule has 0 N–H and O–H groups in total. The molecule has 0 fully saturated rings. The van der Waals surface area contributed by atoms with Crippen molar-refractivity contribution >= 4 is 0 Å². The molecular formula is C33H26IrN2-2. The number of aryl methyl sites for hydroxylation is 5. The summed E-state index contributed by atoms with van der Waals surface area (Å²) in [7, 11) is 0. The van der Waals surface area contributed by atoms with Gasteiger partial charge in [-0.25, -0.2) is 0 Å². The van der Waals surface area contributed by atoms with Crippen molar-refractivity contribution in [3.63, 3.8) is 0 Å². The van der Waals surface area contributed by atoms with Crippen molar-refractivity contribution in [1.82, 2.24) is 9.97 Å². The van der Waals surface area contributed by atoms with Crippen molar-refractivity contribution in [3.05, 3.63) is 131 Å². The van der Waals surface area contributed by atoms with E-state index in [1.807, 2.05) is 42.5 Å². The Kier molecular flexibility index (Phi) is 7.23. The third kappa shape index (κ3) is 4.82. The van der Waals surface area contributed by atoms with Crippen LogP contribution in [0.25, 0.3) is 33.6 Å². The van der Waals surface area contributed by atoms with Crippen LogP contribution in [-0.4, -0.2) is 9.97 Å². The summed E-state index contributed by atoms with van der Waals surface area (Å²) in [5.74, 6) is 0. The summed E-state index contributed by atoms with van der Waals surface area (Å²) in [6.45, 7) is 2.05. The van der Waals surface area contributed by atoms with Crippen molar-refractivity contribution in [2.75, 3.05) is 0 Å². The fraction of sp³-hybridized carbons (Fsp3) is 0.152. The third-order valence-electron chi connectivity index (χ3n) is 6.84. The second-order valence-corrected chi connectivity index (χ2v) is 9.17. The van der Waals surface area contributed by atoms with Crippen LogP contribution in [0, 0.1) is 19.1 Å². The Hall–Kier alpha value is -3.39. The summed E-state index contributed by atoms with van der Waals surface area (Å²) in [6, 6.07) is 35.9. The molecular weight excluding hydrogens is 617 g/mol. The van der Waals surface area contributed by atoms with E-state index in [1.165, 1.54) is 33.4 Å². The molecule has 1 radical (unpaired) electrons. The summed E-state index contributed by atoms with van der Waals surface area (Å²) < 4.78 is 0. The van der Waals surface area contributed by atoms with Crippen LogP contribution in [0.5, 0.6) is 0 Å². The van der Waals surface area contributed by atoms with Crippen LogP contribution in [-0.2, 0) is 45.8 Å². The molecule has 36 heavy (non-hydrogen) atoms. The number of hydrogen-bond acceptors (Lipinski definition) is 2. The van der Waals surface area contributed by atoms with E-state index in [9.17, 15) is 0 Å². The Morgan fingerprint density at radius 1 is 0.667 bits per heavy atom. The van der Waals surface area contributed by atoms with Crippen LogP contribution >= 0.6 is 0 Å². The normalized spacial score (nSPS) is 12.5. The smallest absolute Gasteiger partial charge is 0.0266 e. The summed E-state index contributed by atoms with van der Waals surface area (Å²) in [4.78, 5) is 8.91. The van der Waals surface area contributed by atoms with Gasteiger partial charge < -0.3 is 9.97 Å². The number of nitrogens with zero attached hydrogens (tertiary/aromatic N) is 2. The van der Waals surface area contributed by atoms with Crippen LogP contribution < -0.4 is 0 Å². The molecule has 0 aliphatic heterocycles. The number of rotatable bonds is 2. The zero-order chi connectivity index (χ0) is 23.6. The van der Waals surface area contributed by atoms with Gasteiger partial charge in [0.05, 0.1) is 0 Å². The van der Waals surface area contributed by atoms with Crippen molar-refractivity contribution in [3.8, 4) is 33.6 Å². The van der Waals surface area contributed by atoms with Gasteiger partial charge in [-0.15, -0.1) is 64.7 Å². The van der Waals surface area contributed by atoms with Gasteiger partial charge in [-0.05, 0) is 67.3 Å². The number of benzene rings is 3. The van der Waals surface area contributed by atoms with Crippen LogP contribution in [0.3, 0.4) is 0 Å². The quantitative estimate of drug-likeness (QED) is 0.190. The molecule has 3 heteroatoms. The maximum Gasteiger partial charge on any atom is 0.0266 e. The fourth-order valence-corrected chi connectivity index (χ4v) is 5.22. The van der Waals surface area contributed by atoms with E-state index in [1.54, 1.807) is 6.20 Å². The van der Waals surface area contributed by atoms with Gasteiger partial charge in [0.25, 0.3) is 0 Å². The average Bonchev–Trinajstić information content (AvgIpc) is 2.93. The molecule has 0 spiro atoms. The van der Waals surface area contributed by atoms with Crippen molar-refractivity contribution in [1.29, 1.82) is 0 Å². The van der Waals surface area contributed by atoms with Gasteiger partial charge in [0, 0.05) is 32.0 Å². The standard InChI is InChI=1S/C22H18N.C11H8N.Ir/c1-14-4-2-7-20(23-14)19-12-17-10-8-15-5-3-6-16-9-11-18(13-19)22(17)21(15)16;1-2-6-10(7-3-1)11-8-4-5-9-12-11;/h2-7,12H,8-11H2,1H3;1-6,8-9H;/q2*-1;. The van der Waals surface area contributed by atoms with Gasteiger partial charge in [0.1, 0.15) is 0 Å². The van der Waals surface area contributed by atoms with Crippen molar-refractivity contribution < 1.29 is 20.1 Å². The molecule has 2 nitrogen and oxygen atoms in total. The van der Waals surface area contributed by atoms with Crippen LogP contribution in [0.15, 0.2) is 91.1 Å². The van der Waals surface area contributed by atoms with E-state index in [0.29, 0.717) is 0 Å². The Labute approximate surface area is 226 Å². The average molecular weight is 643 g/mol. The van der Waals surface area contributed by atoms with Crippen LogP contribution in [0.4, 0.5) is 0 Å². The van der Waals surface area contributed by atoms with E-state index in [-0.39, 0.29) is 20.1 Å². The molecule has 0 atom stereocenters. The third-order valence-corrected chi connectivity index (χ3v) is 6.84. The second kappa shape index (κ2) is 10.7. The molecule has 0 saturated heterocycles. The SMILES string of the molecule is Cc1cccc(-c2[c-]c3c4c(c2)CCc2cccc(c2-4)CC3)n1.[Ir].[c-]1ccccc1-c1ccccn1. The zero-order valence-corrected chi connectivity index (χ0v) is 22.6. The first-order chi connectivity index (χ1) is 17.3. The fourth-order valence-electron chi connectivity index (χ4n) is 5.22. The maximum atomic E-state index is 4.70. The summed E-state index contributed by atoms with van der Waals surface area (Å²) in [5.41, 5.74) is 14.2. The predicted molar refractivity (Wildman–Crippen MR) is 142 cm³/mol. The minimum absolute atomic E-state index is 0. The van der Waals surface area contributed by atoms with Gasteiger partial charge in [0.2, 0.25) is 0 Å².